The van der Waals surface area contributed by atoms with E-state index in [1.807, 2.05) is 54.6 Å². The number of aliphatic hydroxyl groups excluding tert-OH is 1. The molecule has 0 aliphatic rings. The van der Waals surface area contributed by atoms with Gasteiger partial charge in [-0.15, -0.1) is 0 Å². The summed E-state index contributed by atoms with van der Waals surface area (Å²) in [5.74, 6) is 1.25. The van der Waals surface area contributed by atoms with Crippen LogP contribution in [0.4, 0.5) is 0 Å². The van der Waals surface area contributed by atoms with Crippen LogP contribution in [0.2, 0.25) is 0 Å². The summed E-state index contributed by atoms with van der Waals surface area (Å²) in [4.78, 5) is 11.5. The van der Waals surface area contributed by atoms with Crippen molar-refractivity contribution in [3.63, 3.8) is 0 Å². The summed E-state index contributed by atoms with van der Waals surface area (Å²) >= 11 is 0. The largest absolute Gasteiger partial charge is 0.497 e. The SMILES string of the molecule is COc1ccc(CO[C@@H](CCOCc2ccccc2)CC(O)Cc2cc(=O)cco2)cc1. The second-order valence-corrected chi connectivity index (χ2v) is 7.64. The monoisotopic (exact) mass is 438 g/mol. The van der Waals surface area contributed by atoms with Gasteiger partial charge < -0.3 is 23.7 Å². The highest BCUT2D eigenvalue weighted by molar-refractivity contribution is 5.26. The number of hydrogen-bond donors (Lipinski definition) is 1. The van der Waals surface area contributed by atoms with Crippen molar-refractivity contribution >= 4 is 0 Å². The average Bonchev–Trinajstić information content (AvgIpc) is 2.81. The highest BCUT2D eigenvalue weighted by Crippen LogP contribution is 2.17. The third kappa shape index (κ3) is 8.30. The molecular formula is C26H30O6. The molecule has 32 heavy (non-hydrogen) atoms. The lowest BCUT2D eigenvalue weighted by Gasteiger charge is -2.21. The van der Waals surface area contributed by atoms with Crippen LogP contribution in [-0.4, -0.2) is 31.0 Å². The van der Waals surface area contributed by atoms with E-state index in [2.05, 4.69) is 0 Å². The molecule has 0 saturated carbocycles. The zero-order chi connectivity index (χ0) is 22.6. The van der Waals surface area contributed by atoms with Crippen molar-refractivity contribution in [1.29, 1.82) is 0 Å². The molecule has 6 heteroatoms. The number of rotatable bonds is 13. The summed E-state index contributed by atoms with van der Waals surface area (Å²) in [6.45, 7) is 1.46. The van der Waals surface area contributed by atoms with Crippen molar-refractivity contribution in [1.82, 2.24) is 0 Å². The molecule has 1 heterocycles. The van der Waals surface area contributed by atoms with Gasteiger partial charge in [-0.1, -0.05) is 42.5 Å². The molecule has 1 N–H and O–H groups in total. The summed E-state index contributed by atoms with van der Waals surface area (Å²) < 4.78 is 22.4. The third-order valence-corrected chi connectivity index (χ3v) is 5.07. The van der Waals surface area contributed by atoms with Crippen molar-refractivity contribution in [2.24, 2.45) is 0 Å². The van der Waals surface area contributed by atoms with E-state index >= 15 is 0 Å². The maximum absolute atomic E-state index is 11.5. The van der Waals surface area contributed by atoms with Gasteiger partial charge in [0, 0.05) is 31.6 Å². The molecule has 0 radical (unpaired) electrons. The van der Waals surface area contributed by atoms with E-state index in [4.69, 9.17) is 18.6 Å². The first-order chi connectivity index (χ1) is 15.6. The number of aliphatic hydroxyl groups is 1. The molecule has 2 atom stereocenters. The Morgan fingerprint density at radius 2 is 1.72 bits per heavy atom. The number of benzene rings is 2. The summed E-state index contributed by atoms with van der Waals surface area (Å²) in [7, 11) is 1.63. The molecule has 0 spiro atoms. The average molecular weight is 439 g/mol. The van der Waals surface area contributed by atoms with Gasteiger partial charge in [0.2, 0.25) is 0 Å². The summed E-state index contributed by atoms with van der Waals surface area (Å²) in [6, 6.07) is 20.4. The predicted molar refractivity (Wildman–Crippen MR) is 122 cm³/mol. The van der Waals surface area contributed by atoms with E-state index in [9.17, 15) is 9.90 Å². The highest BCUT2D eigenvalue weighted by atomic mass is 16.5. The molecule has 0 bridgehead atoms. The van der Waals surface area contributed by atoms with Crippen molar-refractivity contribution < 1.29 is 23.7 Å². The first-order valence-corrected chi connectivity index (χ1v) is 10.7. The first kappa shape index (κ1) is 23.7. The lowest BCUT2D eigenvalue weighted by atomic mass is 10.0. The van der Waals surface area contributed by atoms with Gasteiger partial charge in [0.1, 0.15) is 11.5 Å². The Labute approximate surface area is 188 Å². The van der Waals surface area contributed by atoms with Crippen LogP contribution in [0, 0.1) is 0 Å². The van der Waals surface area contributed by atoms with E-state index in [-0.39, 0.29) is 18.0 Å². The number of methoxy groups -OCH3 is 1. The Hall–Kier alpha value is -2.93. The van der Waals surface area contributed by atoms with Crippen LogP contribution in [0.1, 0.15) is 29.7 Å². The summed E-state index contributed by atoms with van der Waals surface area (Å²) in [6.07, 6.45) is 1.74. The Bertz CT molecular complexity index is 967. The molecule has 2 aromatic carbocycles. The van der Waals surface area contributed by atoms with E-state index in [0.29, 0.717) is 38.4 Å². The van der Waals surface area contributed by atoms with Crippen LogP contribution in [0.25, 0.3) is 0 Å². The van der Waals surface area contributed by atoms with E-state index in [0.717, 1.165) is 16.9 Å². The zero-order valence-electron chi connectivity index (χ0n) is 18.3. The van der Waals surface area contributed by atoms with Crippen LogP contribution in [-0.2, 0) is 29.1 Å². The summed E-state index contributed by atoms with van der Waals surface area (Å²) in [5.41, 5.74) is 1.99. The molecule has 1 unspecified atom stereocenters. The molecule has 0 amide bonds. The second kappa shape index (κ2) is 12.8. The quantitative estimate of drug-likeness (QED) is 0.404. The first-order valence-electron chi connectivity index (χ1n) is 10.7. The molecule has 0 saturated heterocycles. The van der Waals surface area contributed by atoms with Crippen molar-refractivity contribution in [2.45, 2.75) is 44.7 Å². The smallest absolute Gasteiger partial charge is 0.185 e. The van der Waals surface area contributed by atoms with Crippen LogP contribution in [0.3, 0.4) is 0 Å². The fourth-order valence-corrected chi connectivity index (χ4v) is 3.34. The standard InChI is InChI=1S/C26H30O6/c1-29-24-9-7-21(8-10-24)19-32-25(12-13-30-18-20-5-3-2-4-6-20)16-23(28)17-26-15-22(27)11-14-31-26/h2-11,14-15,23,25,28H,12-13,16-19H2,1H3/t23?,25-/m0/s1. The minimum absolute atomic E-state index is 0.139. The lowest BCUT2D eigenvalue weighted by Crippen LogP contribution is -2.24. The number of ether oxygens (including phenoxy) is 3. The topological polar surface area (TPSA) is 78.1 Å². The van der Waals surface area contributed by atoms with Gasteiger partial charge >= 0.3 is 0 Å². The van der Waals surface area contributed by atoms with Gasteiger partial charge in [-0.2, -0.15) is 0 Å². The molecule has 0 aliphatic carbocycles. The maximum atomic E-state index is 11.5. The third-order valence-electron chi connectivity index (χ3n) is 5.07. The Morgan fingerprint density at radius 3 is 2.44 bits per heavy atom. The Kier molecular flexibility index (Phi) is 9.50. The molecular weight excluding hydrogens is 408 g/mol. The van der Waals surface area contributed by atoms with Crippen molar-refractivity contribution in [3.05, 3.63) is 100 Å². The Balaban J connectivity index is 1.53. The molecule has 170 valence electrons. The van der Waals surface area contributed by atoms with Gasteiger partial charge in [0.25, 0.3) is 0 Å². The van der Waals surface area contributed by atoms with E-state index in [1.54, 1.807) is 7.11 Å². The van der Waals surface area contributed by atoms with E-state index < -0.39 is 6.10 Å². The number of hydrogen-bond acceptors (Lipinski definition) is 6. The van der Waals surface area contributed by atoms with Crippen molar-refractivity contribution in [2.75, 3.05) is 13.7 Å². The van der Waals surface area contributed by atoms with Gasteiger partial charge in [-0.05, 0) is 29.7 Å². The van der Waals surface area contributed by atoms with Gasteiger partial charge in [-0.25, -0.2) is 0 Å². The van der Waals surface area contributed by atoms with E-state index in [1.165, 1.54) is 18.4 Å². The van der Waals surface area contributed by atoms with Crippen LogP contribution in [0.15, 0.2) is 82.2 Å². The fourth-order valence-electron chi connectivity index (χ4n) is 3.34. The molecule has 0 aliphatic heterocycles. The predicted octanol–water partition coefficient (Wildman–Crippen LogP) is 4.13. The van der Waals surface area contributed by atoms with Crippen molar-refractivity contribution in [3.8, 4) is 5.75 Å². The highest BCUT2D eigenvalue weighted by Gasteiger charge is 2.17. The molecule has 0 fully saturated rings. The van der Waals surface area contributed by atoms with Gasteiger partial charge in [-0.3, -0.25) is 4.79 Å². The van der Waals surface area contributed by atoms with Crippen LogP contribution in [0.5, 0.6) is 5.75 Å². The maximum Gasteiger partial charge on any atom is 0.185 e. The van der Waals surface area contributed by atoms with Crippen LogP contribution < -0.4 is 10.2 Å². The van der Waals surface area contributed by atoms with Crippen LogP contribution >= 0.6 is 0 Å². The molecule has 3 rings (SSSR count). The second-order valence-electron chi connectivity index (χ2n) is 7.64. The molecule has 1 aromatic heterocycles. The minimum atomic E-state index is -0.699. The Morgan fingerprint density at radius 1 is 0.969 bits per heavy atom. The summed E-state index contributed by atoms with van der Waals surface area (Å²) in [5, 5.41) is 10.6. The normalized spacial score (nSPS) is 12.9. The van der Waals surface area contributed by atoms with Gasteiger partial charge in [0.05, 0.1) is 38.8 Å². The lowest BCUT2D eigenvalue weighted by molar-refractivity contribution is -0.0188. The zero-order valence-corrected chi connectivity index (χ0v) is 18.3. The van der Waals surface area contributed by atoms with Gasteiger partial charge in [0.15, 0.2) is 5.43 Å². The fraction of sp³-hybridized carbons (Fsp3) is 0.346. The minimum Gasteiger partial charge on any atom is -0.497 e. The molecule has 6 nitrogen and oxygen atoms in total. The molecule has 3 aromatic rings.